The predicted molar refractivity (Wildman–Crippen MR) is 70.3 cm³/mol. The first-order chi connectivity index (χ1) is 9.97. The minimum atomic E-state index is -0.968. The number of carboxylic acid groups (broad SMARTS) is 1. The van der Waals surface area contributed by atoms with Crippen LogP contribution in [0.4, 0.5) is 10.1 Å². The van der Waals surface area contributed by atoms with E-state index >= 15 is 0 Å². The van der Waals surface area contributed by atoms with Crippen molar-refractivity contribution in [2.24, 2.45) is 0 Å². The zero-order valence-corrected chi connectivity index (χ0v) is 11.2. The van der Waals surface area contributed by atoms with Crippen molar-refractivity contribution in [2.75, 3.05) is 19.8 Å². The number of morpholine rings is 1. The Bertz CT molecular complexity index is 551. The summed E-state index contributed by atoms with van der Waals surface area (Å²) >= 11 is 0. The SMILES string of the molecule is O=C(O)CC1COCCN1Cc1cc(F)ccc1[N+](=O)[O-]. The third-order valence-corrected chi connectivity index (χ3v) is 3.37. The summed E-state index contributed by atoms with van der Waals surface area (Å²) in [6.07, 6.45) is -0.122. The fourth-order valence-corrected chi connectivity index (χ4v) is 2.36. The van der Waals surface area contributed by atoms with E-state index in [4.69, 9.17) is 9.84 Å². The van der Waals surface area contributed by atoms with E-state index in [0.717, 1.165) is 18.2 Å². The molecule has 1 fully saturated rings. The zero-order chi connectivity index (χ0) is 15.4. The van der Waals surface area contributed by atoms with Crippen LogP contribution >= 0.6 is 0 Å². The average Bonchev–Trinajstić information content (AvgIpc) is 2.40. The molecule has 1 aliphatic heterocycles. The van der Waals surface area contributed by atoms with Crippen LogP contribution in [0.2, 0.25) is 0 Å². The molecule has 0 aromatic heterocycles. The molecule has 2 rings (SSSR count). The number of carbonyl (C=O) groups is 1. The lowest BCUT2D eigenvalue weighted by molar-refractivity contribution is -0.385. The van der Waals surface area contributed by atoms with Crippen LogP contribution in [0.1, 0.15) is 12.0 Å². The molecular weight excluding hydrogens is 283 g/mol. The number of benzene rings is 1. The topological polar surface area (TPSA) is 92.9 Å². The molecule has 1 unspecified atom stereocenters. The highest BCUT2D eigenvalue weighted by Crippen LogP contribution is 2.23. The number of rotatable bonds is 5. The molecule has 1 heterocycles. The summed E-state index contributed by atoms with van der Waals surface area (Å²) in [4.78, 5) is 23.0. The van der Waals surface area contributed by atoms with Gasteiger partial charge in [-0.25, -0.2) is 4.39 Å². The lowest BCUT2D eigenvalue weighted by Gasteiger charge is -2.34. The minimum absolute atomic E-state index is 0.120. The maximum atomic E-state index is 13.3. The Kier molecular flexibility index (Phi) is 4.81. The molecule has 0 radical (unpaired) electrons. The number of nitrogens with zero attached hydrogens (tertiary/aromatic N) is 2. The van der Waals surface area contributed by atoms with Crippen LogP contribution in [0.3, 0.4) is 0 Å². The number of nitro benzene ring substituents is 1. The molecule has 1 atom stereocenters. The van der Waals surface area contributed by atoms with Crippen molar-refractivity contribution in [3.8, 4) is 0 Å². The fraction of sp³-hybridized carbons (Fsp3) is 0.462. The summed E-state index contributed by atoms with van der Waals surface area (Å²) < 4.78 is 18.6. The van der Waals surface area contributed by atoms with Crippen LogP contribution in [-0.4, -0.2) is 46.7 Å². The zero-order valence-electron chi connectivity index (χ0n) is 11.2. The van der Waals surface area contributed by atoms with E-state index < -0.39 is 16.7 Å². The molecule has 21 heavy (non-hydrogen) atoms. The molecule has 114 valence electrons. The van der Waals surface area contributed by atoms with Gasteiger partial charge in [-0.3, -0.25) is 19.8 Å². The van der Waals surface area contributed by atoms with E-state index in [1.54, 1.807) is 4.90 Å². The van der Waals surface area contributed by atoms with Gasteiger partial charge < -0.3 is 9.84 Å². The van der Waals surface area contributed by atoms with E-state index in [0.29, 0.717) is 13.2 Å². The predicted octanol–water partition coefficient (Wildman–Crippen LogP) is 1.41. The first kappa shape index (κ1) is 15.3. The highest BCUT2D eigenvalue weighted by atomic mass is 19.1. The number of nitro groups is 1. The van der Waals surface area contributed by atoms with Gasteiger partial charge in [0.1, 0.15) is 5.82 Å². The molecular formula is C13H15FN2O5. The van der Waals surface area contributed by atoms with E-state index in [-0.39, 0.29) is 36.9 Å². The average molecular weight is 298 g/mol. The first-order valence-corrected chi connectivity index (χ1v) is 6.44. The molecule has 1 aliphatic rings. The highest BCUT2D eigenvalue weighted by Gasteiger charge is 2.27. The summed E-state index contributed by atoms with van der Waals surface area (Å²) in [6.45, 7) is 1.23. The molecule has 8 heteroatoms. The van der Waals surface area contributed by atoms with Crippen molar-refractivity contribution in [3.05, 3.63) is 39.7 Å². The lowest BCUT2D eigenvalue weighted by Crippen LogP contribution is -2.45. The quantitative estimate of drug-likeness (QED) is 0.652. The van der Waals surface area contributed by atoms with Gasteiger partial charge in [-0.05, 0) is 12.1 Å². The van der Waals surface area contributed by atoms with E-state index in [2.05, 4.69) is 0 Å². The van der Waals surface area contributed by atoms with Crippen LogP contribution in [0, 0.1) is 15.9 Å². The van der Waals surface area contributed by atoms with Crippen molar-refractivity contribution >= 4 is 11.7 Å². The van der Waals surface area contributed by atoms with Crippen LogP contribution in [0.5, 0.6) is 0 Å². The van der Waals surface area contributed by atoms with Crippen LogP contribution in [0.15, 0.2) is 18.2 Å². The molecule has 0 saturated carbocycles. The Balaban J connectivity index is 2.20. The van der Waals surface area contributed by atoms with Gasteiger partial charge >= 0.3 is 5.97 Å². The fourth-order valence-electron chi connectivity index (χ4n) is 2.36. The molecule has 0 aliphatic carbocycles. The third kappa shape index (κ3) is 3.96. The summed E-state index contributed by atoms with van der Waals surface area (Å²) in [7, 11) is 0. The summed E-state index contributed by atoms with van der Waals surface area (Å²) in [5.41, 5.74) is 0.0641. The lowest BCUT2D eigenvalue weighted by atomic mass is 10.1. The van der Waals surface area contributed by atoms with Gasteiger partial charge in [-0.15, -0.1) is 0 Å². The Morgan fingerprint density at radius 2 is 2.33 bits per heavy atom. The van der Waals surface area contributed by atoms with Gasteiger partial charge in [0.05, 0.1) is 24.6 Å². The molecule has 0 amide bonds. The first-order valence-electron chi connectivity index (χ1n) is 6.44. The van der Waals surface area contributed by atoms with E-state index in [1.807, 2.05) is 0 Å². The van der Waals surface area contributed by atoms with Gasteiger partial charge in [0.25, 0.3) is 5.69 Å². The van der Waals surface area contributed by atoms with Gasteiger partial charge in [-0.1, -0.05) is 0 Å². The van der Waals surface area contributed by atoms with Crippen molar-refractivity contribution < 1.29 is 24.0 Å². The van der Waals surface area contributed by atoms with E-state index in [9.17, 15) is 19.3 Å². The van der Waals surface area contributed by atoms with Gasteiger partial charge in [-0.2, -0.15) is 0 Å². The maximum Gasteiger partial charge on any atom is 0.305 e. The molecule has 7 nitrogen and oxygen atoms in total. The molecule has 1 aromatic carbocycles. The van der Waals surface area contributed by atoms with Gasteiger partial charge in [0, 0.05) is 30.8 Å². The second-order valence-corrected chi connectivity index (χ2v) is 4.83. The number of halogens is 1. The number of ether oxygens (including phenoxy) is 1. The van der Waals surface area contributed by atoms with Crippen molar-refractivity contribution in [3.63, 3.8) is 0 Å². The monoisotopic (exact) mass is 298 g/mol. The van der Waals surface area contributed by atoms with Gasteiger partial charge in [0.15, 0.2) is 0 Å². The summed E-state index contributed by atoms with van der Waals surface area (Å²) in [5.74, 6) is -1.53. The van der Waals surface area contributed by atoms with Crippen LogP contribution in [0.25, 0.3) is 0 Å². The molecule has 0 bridgehead atoms. The Morgan fingerprint density at radius 3 is 3.00 bits per heavy atom. The highest BCUT2D eigenvalue weighted by molar-refractivity contribution is 5.67. The largest absolute Gasteiger partial charge is 0.481 e. The summed E-state index contributed by atoms with van der Waals surface area (Å²) in [5, 5.41) is 19.9. The Hall–Kier alpha value is -2.06. The maximum absolute atomic E-state index is 13.3. The van der Waals surface area contributed by atoms with E-state index in [1.165, 1.54) is 0 Å². The minimum Gasteiger partial charge on any atom is -0.481 e. The molecule has 1 saturated heterocycles. The second-order valence-electron chi connectivity index (χ2n) is 4.83. The van der Waals surface area contributed by atoms with Crippen LogP contribution < -0.4 is 0 Å². The number of aliphatic carboxylic acids is 1. The normalized spacial score (nSPS) is 19.4. The van der Waals surface area contributed by atoms with Crippen molar-refractivity contribution in [1.82, 2.24) is 4.90 Å². The third-order valence-electron chi connectivity index (χ3n) is 3.37. The molecule has 1 N–H and O–H groups in total. The van der Waals surface area contributed by atoms with Crippen LogP contribution in [-0.2, 0) is 16.1 Å². The smallest absolute Gasteiger partial charge is 0.305 e. The number of carboxylic acids is 1. The second kappa shape index (κ2) is 6.59. The Morgan fingerprint density at radius 1 is 1.57 bits per heavy atom. The van der Waals surface area contributed by atoms with Gasteiger partial charge in [0.2, 0.25) is 0 Å². The molecule has 0 spiro atoms. The summed E-state index contributed by atoms with van der Waals surface area (Å²) in [6, 6.07) is 2.90. The number of hydrogen-bond acceptors (Lipinski definition) is 5. The van der Waals surface area contributed by atoms with Crippen molar-refractivity contribution in [1.29, 1.82) is 0 Å². The molecule has 1 aromatic rings. The standard InChI is InChI=1S/C13H15FN2O5/c14-10-1-2-12(16(19)20)9(5-10)7-15-3-4-21-8-11(15)6-13(17)18/h1-2,5,11H,3-4,6-8H2,(H,17,18). The number of hydrogen-bond donors (Lipinski definition) is 1. The Labute approximate surface area is 120 Å². The van der Waals surface area contributed by atoms with Crippen molar-refractivity contribution in [2.45, 2.75) is 19.0 Å².